The number of ether oxygens (including phenoxy) is 16. The summed E-state index contributed by atoms with van der Waals surface area (Å²) in [5.41, 5.74) is 22.5. The number of rotatable bonds is 42. The Morgan fingerprint density at radius 3 is 1.65 bits per heavy atom. The minimum Gasteiger partial charge on any atom is -0.480 e. The molecule has 34 nitrogen and oxygen atoms in total. The summed E-state index contributed by atoms with van der Waals surface area (Å²) in [6.07, 6.45) is -0.261. The van der Waals surface area contributed by atoms with Crippen molar-refractivity contribution in [2.75, 3.05) is 146 Å². The molecule has 2 saturated heterocycles. The molecule has 0 radical (unpaired) electrons. The molecule has 0 unspecified atom stereocenters. The van der Waals surface area contributed by atoms with Gasteiger partial charge in [0.25, 0.3) is 0 Å². The van der Waals surface area contributed by atoms with E-state index in [4.69, 9.17) is 105 Å². The van der Waals surface area contributed by atoms with E-state index < -0.39 is 110 Å². The predicted octanol–water partition coefficient (Wildman–Crippen LogP) is -4.12. The Labute approximate surface area is 496 Å². The molecule has 4 amide bonds. The second-order valence-corrected chi connectivity index (χ2v) is 18.8. The smallest absolute Gasteiger partial charge is 0.480 e. The van der Waals surface area contributed by atoms with Crippen LogP contribution in [0.2, 0.25) is 0 Å². The van der Waals surface area contributed by atoms with Crippen LogP contribution in [0.3, 0.4) is 0 Å². The number of cyclic esters (lactones) is 4. The van der Waals surface area contributed by atoms with Crippen LogP contribution in [-0.2, 0) is 105 Å². The van der Waals surface area contributed by atoms with Crippen molar-refractivity contribution in [2.24, 2.45) is 32.9 Å². The molecule has 0 bridgehead atoms. The van der Waals surface area contributed by atoms with Crippen molar-refractivity contribution >= 4 is 59.8 Å². The van der Waals surface area contributed by atoms with Gasteiger partial charge >= 0.3 is 24.2 Å². The van der Waals surface area contributed by atoms with E-state index in [0.717, 1.165) is 14.2 Å². The van der Waals surface area contributed by atoms with Gasteiger partial charge in [0, 0.05) is 52.7 Å². The minimum absolute atomic E-state index is 0.0463. The van der Waals surface area contributed by atoms with E-state index in [2.05, 4.69) is 31.9 Å². The van der Waals surface area contributed by atoms with Crippen LogP contribution in [0.5, 0.6) is 0 Å². The fraction of sp³-hybridized carbons (Fsp3) is 0.692. The van der Waals surface area contributed by atoms with E-state index >= 15 is 0 Å². The summed E-state index contributed by atoms with van der Waals surface area (Å²) in [6, 6.07) is -2.92. The molecule has 0 aliphatic carbocycles. The number of guanidine groups is 2. The molecule has 4 aliphatic rings. The van der Waals surface area contributed by atoms with E-state index in [1.54, 1.807) is 4.90 Å². The molecule has 482 valence electrons. The van der Waals surface area contributed by atoms with Crippen molar-refractivity contribution in [2.45, 2.75) is 87.4 Å². The first-order chi connectivity index (χ1) is 41.4. The summed E-state index contributed by atoms with van der Waals surface area (Å²) in [5, 5.41) is 8.10. The van der Waals surface area contributed by atoms with Crippen molar-refractivity contribution in [1.82, 2.24) is 20.9 Å². The molecule has 9 atom stereocenters. The molecule has 86 heavy (non-hydrogen) atoms. The Bertz CT molecular complexity index is 2360. The number of carbonyl (C=O) groups excluding carboxylic acids is 8. The fourth-order valence-corrected chi connectivity index (χ4v) is 8.47. The van der Waals surface area contributed by atoms with Crippen LogP contribution in [-0.4, -0.2) is 266 Å². The van der Waals surface area contributed by atoms with Crippen molar-refractivity contribution in [1.29, 1.82) is 0 Å². The zero-order valence-electron chi connectivity index (χ0n) is 48.3. The van der Waals surface area contributed by atoms with Crippen LogP contribution in [0.4, 0.5) is 9.59 Å². The lowest BCUT2D eigenvalue weighted by molar-refractivity contribution is -0.155. The van der Waals surface area contributed by atoms with E-state index in [0.29, 0.717) is 39.3 Å². The summed E-state index contributed by atoms with van der Waals surface area (Å²) < 4.78 is 87.0. The normalized spacial score (nSPS) is 21.1. The van der Waals surface area contributed by atoms with Gasteiger partial charge in [0.1, 0.15) is 51.3 Å². The molecule has 0 saturated carbocycles. The molecule has 0 aromatic rings. The number of nitrogens with two attached hydrogens (primary N) is 4. The number of nitrogens with zero attached hydrogens (tertiary/aromatic N) is 3. The largest absolute Gasteiger partial charge is 0.508 e. The van der Waals surface area contributed by atoms with Gasteiger partial charge in [-0.15, -0.1) is 6.42 Å². The molecular weight excluding hydrogens is 1150 g/mol. The third-order valence-corrected chi connectivity index (χ3v) is 12.3. The molecule has 2 fully saturated rings. The monoisotopic (exact) mass is 1230 g/mol. The third kappa shape index (κ3) is 26.6. The van der Waals surface area contributed by atoms with Gasteiger partial charge in [-0.05, 0) is 25.0 Å². The number of carbonyl (C=O) groups is 8. The topological polar surface area (TPSA) is 452 Å². The van der Waals surface area contributed by atoms with Crippen molar-refractivity contribution in [3.8, 4) is 12.3 Å². The van der Waals surface area contributed by atoms with Crippen molar-refractivity contribution in [3.63, 3.8) is 0 Å². The molecule has 4 heterocycles. The number of hydrogen-bond donors (Lipinski definition) is 7. The first kappa shape index (κ1) is 70.7. The number of nitrogens with one attached hydrogen (secondary N) is 3. The van der Waals surface area contributed by atoms with E-state index in [1.807, 2.05) is 0 Å². The average Bonchev–Trinajstić information content (AvgIpc) is 1.46. The second kappa shape index (κ2) is 39.8. The molecule has 4 rings (SSSR count). The third-order valence-electron chi connectivity index (χ3n) is 12.3. The Hall–Kier alpha value is -7.78. The Morgan fingerprint density at radius 1 is 0.651 bits per heavy atom. The van der Waals surface area contributed by atoms with Gasteiger partial charge < -0.3 is 120 Å². The maximum atomic E-state index is 13.4. The Morgan fingerprint density at radius 2 is 1.15 bits per heavy atom. The van der Waals surface area contributed by atoms with E-state index in [-0.39, 0.29) is 134 Å². The van der Waals surface area contributed by atoms with Crippen LogP contribution < -0.4 is 38.9 Å². The Balaban J connectivity index is 1.23. The lowest BCUT2D eigenvalue weighted by atomic mass is 9.92. The number of esters is 2. The van der Waals surface area contributed by atoms with Crippen LogP contribution in [0.25, 0.3) is 0 Å². The molecular formula is C52H80N10O24. The standard InChI is InChI=1S/C52H80N10O24/c1-5-13-73-19-21-77-23-24-78-22-20-76-16-8-42(66)62(11-17-74-14-6-9-57-40(64)30-79-44(38-28-81-51(69)85-38)35-25-33(60-49(53)54)26-36(83-35)47(67)71-3)12-18-75-15-7-10-58-41(65)31-80-45(39-29-82-52(70)86-39)46-43(59-32(2)63)34(61-50(55)56)27-37(84-46)48(68)72-4/h1,26-27,33-35,38-39,43-46H,6-25,28-31H2,2-4H3,(H,57,64)(H,58,65)(H,59,63)(H4,53,54,60)(H4,55,56,61)/t33-,34+,35-,38-,39-,43-,44+,45-,46-/m1/s1. The predicted molar refractivity (Wildman–Crippen MR) is 293 cm³/mol. The van der Waals surface area contributed by atoms with E-state index in [9.17, 15) is 38.4 Å². The number of aliphatic imine (C=N–C) groups is 2. The molecule has 11 N–H and O–H groups in total. The Kier molecular flexibility index (Phi) is 32.7. The number of methoxy groups -OCH3 is 2. The first-order valence-electron chi connectivity index (χ1n) is 27.4. The van der Waals surface area contributed by atoms with Gasteiger partial charge in [-0.1, -0.05) is 5.92 Å². The number of terminal acetylenes is 1. The summed E-state index contributed by atoms with van der Waals surface area (Å²) in [6.45, 7) is 3.19. The quantitative estimate of drug-likeness (QED) is 0.00762. The number of amides is 4. The van der Waals surface area contributed by atoms with Crippen LogP contribution >= 0.6 is 0 Å². The average molecular weight is 1230 g/mol. The maximum Gasteiger partial charge on any atom is 0.508 e. The zero-order chi connectivity index (χ0) is 62.6. The lowest BCUT2D eigenvalue weighted by Crippen LogP contribution is -2.60. The summed E-state index contributed by atoms with van der Waals surface area (Å²) in [7, 11) is 2.27. The van der Waals surface area contributed by atoms with Gasteiger partial charge in [-0.2, -0.15) is 0 Å². The van der Waals surface area contributed by atoms with Gasteiger partial charge in [-0.3, -0.25) is 19.2 Å². The van der Waals surface area contributed by atoms with Crippen LogP contribution in [0, 0.1) is 12.3 Å². The summed E-state index contributed by atoms with van der Waals surface area (Å²) >= 11 is 0. The zero-order valence-corrected chi connectivity index (χ0v) is 48.3. The SMILES string of the molecule is C#CCOCCOCCOCCOCCC(=O)N(CCOCCCNC(=O)CO[C@H]([C@H]1COC(=O)O1)[C@H]1C[C@@H](N=C(N)N)C=C(C(=O)OC)O1)CCOCCCNC(=O)CO[C@@H]([C@@H]1OC(C(=O)OC)=C[C@H](N=C(N)N)[C@H]1NC(C)=O)[C@H]1COC(=O)O1. The highest BCUT2D eigenvalue weighted by atomic mass is 16.8. The van der Waals surface area contributed by atoms with Crippen LogP contribution in [0.1, 0.15) is 32.6 Å². The maximum absolute atomic E-state index is 13.4. The lowest BCUT2D eigenvalue weighted by Gasteiger charge is -2.40. The van der Waals surface area contributed by atoms with Crippen LogP contribution in [0.15, 0.2) is 33.7 Å². The van der Waals surface area contributed by atoms with Crippen molar-refractivity contribution in [3.05, 3.63) is 23.7 Å². The molecule has 0 aromatic carbocycles. The molecule has 4 aliphatic heterocycles. The van der Waals surface area contributed by atoms with Gasteiger partial charge in [0.05, 0.1) is 98.2 Å². The minimum atomic E-state index is -1.33. The van der Waals surface area contributed by atoms with Gasteiger partial charge in [0.2, 0.25) is 35.1 Å². The molecule has 34 heteroatoms. The van der Waals surface area contributed by atoms with E-state index in [1.165, 1.54) is 19.1 Å². The second-order valence-electron chi connectivity index (χ2n) is 18.8. The first-order valence-corrected chi connectivity index (χ1v) is 27.4. The molecule has 0 aromatic heterocycles. The summed E-state index contributed by atoms with van der Waals surface area (Å²) in [4.78, 5) is 111. The van der Waals surface area contributed by atoms with Gasteiger partial charge in [-0.25, -0.2) is 29.2 Å². The highest BCUT2D eigenvalue weighted by Gasteiger charge is 2.49. The highest BCUT2D eigenvalue weighted by Crippen LogP contribution is 2.31. The molecule has 0 spiro atoms. The van der Waals surface area contributed by atoms with Crippen molar-refractivity contribution < 1.29 is 114 Å². The number of hydrogen-bond acceptors (Lipinski definition) is 26. The summed E-state index contributed by atoms with van der Waals surface area (Å²) in [5.74, 6) is -2.43. The van der Waals surface area contributed by atoms with Gasteiger partial charge in [0.15, 0.2) is 30.2 Å². The highest BCUT2D eigenvalue weighted by molar-refractivity contribution is 5.87. The fourth-order valence-electron chi connectivity index (χ4n) is 8.47.